The Balaban J connectivity index is 2.85. The van der Waals surface area contributed by atoms with Gasteiger partial charge in [-0.2, -0.15) is 0 Å². The van der Waals surface area contributed by atoms with Crippen LogP contribution in [-0.4, -0.2) is 16.9 Å². The standard InChI is InChI=1S/C12H10O3/c1-2-11(13)10-6-3-9(4-7-10)5-8-12(14)15/h2-8H,1H2,(H,14,15). The number of carboxylic acid groups (broad SMARTS) is 1. The fourth-order valence-electron chi connectivity index (χ4n) is 1.04. The van der Waals surface area contributed by atoms with E-state index in [0.717, 1.165) is 11.6 Å². The van der Waals surface area contributed by atoms with Gasteiger partial charge in [-0.25, -0.2) is 4.79 Å². The second-order valence-electron chi connectivity index (χ2n) is 2.86. The van der Waals surface area contributed by atoms with Gasteiger partial charge in [-0.05, 0) is 17.7 Å². The Bertz CT molecular complexity index is 413. The van der Waals surface area contributed by atoms with Crippen LogP contribution < -0.4 is 0 Å². The first-order chi connectivity index (χ1) is 7.13. The molecular formula is C12H10O3. The van der Waals surface area contributed by atoms with Gasteiger partial charge < -0.3 is 5.11 Å². The number of aliphatic carboxylic acids is 1. The second kappa shape index (κ2) is 4.91. The Kier molecular flexibility index (Phi) is 3.57. The molecule has 0 heterocycles. The molecule has 76 valence electrons. The summed E-state index contributed by atoms with van der Waals surface area (Å²) < 4.78 is 0. The summed E-state index contributed by atoms with van der Waals surface area (Å²) >= 11 is 0. The van der Waals surface area contributed by atoms with E-state index < -0.39 is 5.97 Å². The van der Waals surface area contributed by atoms with Crippen molar-refractivity contribution < 1.29 is 14.7 Å². The van der Waals surface area contributed by atoms with Gasteiger partial charge in [-0.1, -0.05) is 30.8 Å². The Labute approximate surface area is 87.4 Å². The number of carbonyl (C=O) groups excluding carboxylic acids is 1. The highest BCUT2D eigenvalue weighted by atomic mass is 16.4. The van der Waals surface area contributed by atoms with Gasteiger partial charge in [-0.15, -0.1) is 0 Å². The van der Waals surface area contributed by atoms with Crippen LogP contribution in [0.3, 0.4) is 0 Å². The van der Waals surface area contributed by atoms with Gasteiger partial charge in [0.25, 0.3) is 0 Å². The molecule has 0 aliphatic carbocycles. The second-order valence-corrected chi connectivity index (χ2v) is 2.86. The highest BCUT2D eigenvalue weighted by Crippen LogP contribution is 2.07. The van der Waals surface area contributed by atoms with E-state index in [1.54, 1.807) is 24.3 Å². The van der Waals surface area contributed by atoms with Gasteiger partial charge in [0.05, 0.1) is 0 Å². The first kappa shape index (κ1) is 10.9. The summed E-state index contributed by atoms with van der Waals surface area (Å²) in [6.07, 6.45) is 3.75. The minimum Gasteiger partial charge on any atom is -0.478 e. The van der Waals surface area contributed by atoms with E-state index >= 15 is 0 Å². The number of carbonyl (C=O) groups is 2. The molecule has 0 radical (unpaired) electrons. The van der Waals surface area contributed by atoms with Crippen LogP contribution in [0.1, 0.15) is 15.9 Å². The van der Waals surface area contributed by atoms with Crippen molar-refractivity contribution in [2.75, 3.05) is 0 Å². The third-order valence-electron chi connectivity index (χ3n) is 1.80. The molecule has 1 N–H and O–H groups in total. The van der Waals surface area contributed by atoms with Crippen molar-refractivity contribution in [2.45, 2.75) is 0 Å². The van der Waals surface area contributed by atoms with Crippen LogP contribution in [0.15, 0.2) is 43.0 Å². The van der Waals surface area contributed by atoms with E-state index in [0.29, 0.717) is 5.56 Å². The minimum atomic E-state index is -0.999. The lowest BCUT2D eigenvalue weighted by Gasteiger charge is -1.96. The van der Waals surface area contributed by atoms with Crippen molar-refractivity contribution in [1.82, 2.24) is 0 Å². The molecule has 1 aromatic rings. The molecule has 0 amide bonds. The Morgan fingerprint density at radius 1 is 1.20 bits per heavy atom. The van der Waals surface area contributed by atoms with Gasteiger partial charge in [0, 0.05) is 11.6 Å². The van der Waals surface area contributed by atoms with Crippen molar-refractivity contribution >= 4 is 17.8 Å². The molecule has 3 heteroatoms. The highest BCUT2D eigenvalue weighted by molar-refractivity contribution is 6.04. The van der Waals surface area contributed by atoms with Gasteiger partial charge >= 0.3 is 5.97 Å². The summed E-state index contributed by atoms with van der Waals surface area (Å²) in [5, 5.41) is 8.40. The lowest BCUT2D eigenvalue weighted by Crippen LogP contribution is -1.92. The van der Waals surface area contributed by atoms with Crippen LogP contribution in [0.2, 0.25) is 0 Å². The van der Waals surface area contributed by atoms with Crippen LogP contribution in [0.25, 0.3) is 6.08 Å². The van der Waals surface area contributed by atoms with E-state index in [2.05, 4.69) is 6.58 Å². The van der Waals surface area contributed by atoms with E-state index in [1.165, 1.54) is 12.2 Å². The summed E-state index contributed by atoms with van der Waals surface area (Å²) in [5.74, 6) is -1.15. The first-order valence-electron chi connectivity index (χ1n) is 4.31. The fourth-order valence-corrected chi connectivity index (χ4v) is 1.04. The summed E-state index contributed by atoms with van der Waals surface area (Å²) in [4.78, 5) is 21.4. The number of rotatable bonds is 4. The number of ketones is 1. The SMILES string of the molecule is C=CC(=O)c1ccc(C=CC(=O)O)cc1. The quantitative estimate of drug-likeness (QED) is 0.601. The lowest BCUT2D eigenvalue weighted by molar-refractivity contribution is -0.131. The van der Waals surface area contributed by atoms with Crippen molar-refractivity contribution in [3.8, 4) is 0 Å². The summed E-state index contributed by atoms with van der Waals surface area (Å²) in [5.41, 5.74) is 1.27. The number of carboxylic acids is 1. The highest BCUT2D eigenvalue weighted by Gasteiger charge is 1.99. The molecule has 0 aliphatic rings. The lowest BCUT2D eigenvalue weighted by atomic mass is 10.1. The zero-order valence-electron chi connectivity index (χ0n) is 8.01. The largest absolute Gasteiger partial charge is 0.478 e. The average Bonchev–Trinajstić information content (AvgIpc) is 2.26. The van der Waals surface area contributed by atoms with Crippen LogP contribution in [0.4, 0.5) is 0 Å². The smallest absolute Gasteiger partial charge is 0.328 e. The summed E-state index contributed by atoms with van der Waals surface area (Å²) in [6, 6.07) is 6.61. The molecule has 0 aliphatic heterocycles. The topological polar surface area (TPSA) is 54.4 Å². The minimum absolute atomic E-state index is 0.149. The van der Waals surface area contributed by atoms with Crippen molar-refractivity contribution in [1.29, 1.82) is 0 Å². The average molecular weight is 202 g/mol. The molecule has 1 aromatic carbocycles. The molecule has 3 nitrogen and oxygen atoms in total. The maximum atomic E-state index is 11.2. The van der Waals surface area contributed by atoms with Crippen LogP contribution in [-0.2, 0) is 4.79 Å². The van der Waals surface area contributed by atoms with Crippen molar-refractivity contribution in [3.63, 3.8) is 0 Å². The van der Waals surface area contributed by atoms with Crippen LogP contribution >= 0.6 is 0 Å². The summed E-state index contributed by atoms with van der Waals surface area (Å²) in [6.45, 7) is 3.38. The Hall–Kier alpha value is -2.16. The molecule has 0 atom stereocenters. The van der Waals surface area contributed by atoms with E-state index in [9.17, 15) is 9.59 Å². The number of hydrogen-bond donors (Lipinski definition) is 1. The van der Waals surface area contributed by atoms with Crippen molar-refractivity contribution in [2.24, 2.45) is 0 Å². The first-order valence-corrected chi connectivity index (χ1v) is 4.31. The van der Waals surface area contributed by atoms with Gasteiger partial charge in [0.2, 0.25) is 0 Å². The van der Waals surface area contributed by atoms with Gasteiger partial charge in [-0.3, -0.25) is 4.79 Å². The van der Waals surface area contributed by atoms with Gasteiger partial charge in [0.1, 0.15) is 0 Å². The molecule has 1 rings (SSSR count). The molecule has 15 heavy (non-hydrogen) atoms. The fraction of sp³-hybridized carbons (Fsp3) is 0. The number of benzene rings is 1. The summed E-state index contributed by atoms with van der Waals surface area (Å²) in [7, 11) is 0. The third-order valence-corrected chi connectivity index (χ3v) is 1.80. The predicted molar refractivity (Wildman–Crippen MR) is 57.6 cm³/mol. The molecule has 0 saturated heterocycles. The Morgan fingerprint density at radius 3 is 2.27 bits per heavy atom. The monoisotopic (exact) mass is 202 g/mol. The third kappa shape index (κ3) is 3.23. The van der Waals surface area contributed by atoms with E-state index in [1.807, 2.05) is 0 Å². The normalized spacial score (nSPS) is 10.1. The number of hydrogen-bond acceptors (Lipinski definition) is 2. The zero-order chi connectivity index (χ0) is 11.3. The number of allylic oxidation sites excluding steroid dienone is 1. The van der Waals surface area contributed by atoms with Crippen LogP contribution in [0, 0.1) is 0 Å². The Morgan fingerprint density at radius 2 is 1.80 bits per heavy atom. The molecular weight excluding hydrogens is 192 g/mol. The van der Waals surface area contributed by atoms with E-state index in [4.69, 9.17) is 5.11 Å². The van der Waals surface area contributed by atoms with E-state index in [-0.39, 0.29) is 5.78 Å². The maximum absolute atomic E-state index is 11.2. The predicted octanol–water partition coefficient (Wildman–Crippen LogP) is 2.15. The maximum Gasteiger partial charge on any atom is 0.328 e. The molecule has 0 spiro atoms. The molecule has 0 fully saturated rings. The molecule has 0 unspecified atom stereocenters. The van der Waals surface area contributed by atoms with Crippen LogP contribution in [0.5, 0.6) is 0 Å². The zero-order valence-corrected chi connectivity index (χ0v) is 8.01. The van der Waals surface area contributed by atoms with Crippen molar-refractivity contribution in [3.05, 3.63) is 54.1 Å². The van der Waals surface area contributed by atoms with Gasteiger partial charge in [0.15, 0.2) is 5.78 Å². The molecule has 0 aromatic heterocycles. The molecule has 0 bridgehead atoms. The molecule has 0 saturated carbocycles.